The zero-order chi connectivity index (χ0) is 29.1. The van der Waals surface area contributed by atoms with Gasteiger partial charge in [0.2, 0.25) is 0 Å². The zero-order valence-electron chi connectivity index (χ0n) is 24.3. The lowest BCUT2D eigenvalue weighted by molar-refractivity contribution is -0.107. The van der Waals surface area contributed by atoms with E-state index >= 15 is 0 Å². The molecule has 0 unspecified atom stereocenters. The van der Waals surface area contributed by atoms with Crippen LogP contribution in [-0.2, 0) is 17.6 Å². The fourth-order valence-electron chi connectivity index (χ4n) is 4.46. The number of carbonyl (C=O) groups is 1. The van der Waals surface area contributed by atoms with Crippen LogP contribution in [0.15, 0.2) is 59.5 Å². The number of halogens is 1. The minimum atomic E-state index is -0.389. The molecule has 214 valence electrons. The van der Waals surface area contributed by atoms with Gasteiger partial charge in [-0.05, 0) is 101 Å². The number of ether oxygens (including phenoxy) is 1. The van der Waals surface area contributed by atoms with Gasteiger partial charge in [-0.2, -0.15) is 0 Å². The molecular formula is C32H42FN5O2. The molecule has 0 radical (unpaired) electrons. The highest BCUT2D eigenvalue weighted by Crippen LogP contribution is 2.33. The van der Waals surface area contributed by atoms with Crippen LogP contribution in [0.4, 0.5) is 4.39 Å². The van der Waals surface area contributed by atoms with Gasteiger partial charge in [0.15, 0.2) is 0 Å². The number of nitrogens with one attached hydrogen (secondary N) is 2. The van der Waals surface area contributed by atoms with Crippen LogP contribution in [0.1, 0.15) is 50.3 Å². The van der Waals surface area contributed by atoms with Gasteiger partial charge in [0.25, 0.3) is 0 Å². The van der Waals surface area contributed by atoms with Crippen molar-refractivity contribution in [3.8, 4) is 11.5 Å². The lowest BCUT2D eigenvalue weighted by Gasteiger charge is -2.22. The number of nitrogens with zero attached hydrogens (tertiary/aromatic N) is 2. The maximum atomic E-state index is 14.5. The van der Waals surface area contributed by atoms with Gasteiger partial charge < -0.3 is 25.9 Å². The Balaban J connectivity index is 0.000000342. The summed E-state index contributed by atoms with van der Waals surface area (Å²) in [6, 6.07) is 11.5. The van der Waals surface area contributed by atoms with Gasteiger partial charge in [-0.1, -0.05) is 12.1 Å². The molecule has 1 aliphatic heterocycles. The number of nitrogens with two attached hydrogens (primary N) is 1. The number of hydrogen-bond acceptors (Lipinski definition) is 7. The van der Waals surface area contributed by atoms with Crippen molar-refractivity contribution >= 4 is 23.4 Å². The summed E-state index contributed by atoms with van der Waals surface area (Å²) >= 11 is 0. The molecule has 0 spiro atoms. The van der Waals surface area contributed by atoms with Crippen LogP contribution >= 0.6 is 0 Å². The Morgan fingerprint density at radius 1 is 1.20 bits per heavy atom. The largest absolute Gasteiger partial charge is 0.456 e. The van der Waals surface area contributed by atoms with Gasteiger partial charge in [-0.3, -0.25) is 9.98 Å². The van der Waals surface area contributed by atoms with Crippen LogP contribution < -0.4 is 21.1 Å². The molecule has 1 aliphatic rings. The maximum Gasteiger partial charge on any atom is 0.138 e. The quantitative estimate of drug-likeness (QED) is 0.249. The third-order valence-corrected chi connectivity index (χ3v) is 6.75. The fraction of sp³-hybridized carbons (Fsp3) is 0.406. The van der Waals surface area contributed by atoms with Gasteiger partial charge in [-0.25, -0.2) is 4.39 Å². The van der Waals surface area contributed by atoms with Crippen LogP contribution in [0.25, 0.3) is 10.9 Å². The third kappa shape index (κ3) is 8.88. The molecular weight excluding hydrogens is 505 g/mol. The number of allylic oxidation sites excluding steroid dienone is 1. The molecule has 0 saturated carbocycles. The Morgan fingerprint density at radius 3 is 2.60 bits per heavy atom. The van der Waals surface area contributed by atoms with Crippen LogP contribution in [0.2, 0.25) is 0 Å². The van der Waals surface area contributed by atoms with Crippen LogP contribution in [0.3, 0.4) is 0 Å². The Morgan fingerprint density at radius 2 is 1.95 bits per heavy atom. The zero-order valence-corrected chi connectivity index (χ0v) is 24.3. The molecule has 4 rings (SSSR count). The van der Waals surface area contributed by atoms with Crippen molar-refractivity contribution in [1.82, 2.24) is 15.6 Å². The van der Waals surface area contributed by atoms with E-state index in [-0.39, 0.29) is 17.8 Å². The summed E-state index contributed by atoms with van der Waals surface area (Å²) in [5.41, 5.74) is 9.00. The van der Waals surface area contributed by atoms with E-state index in [9.17, 15) is 9.18 Å². The molecule has 1 fully saturated rings. The van der Waals surface area contributed by atoms with E-state index in [0.29, 0.717) is 34.8 Å². The number of pyridine rings is 1. The molecule has 0 amide bonds. The van der Waals surface area contributed by atoms with Crippen molar-refractivity contribution in [3.05, 3.63) is 77.0 Å². The molecule has 40 heavy (non-hydrogen) atoms. The summed E-state index contributed by atoms with van der Waals surface area (Å²) in [5, 5.41) is 7.25. The van der Waals surface area contributed by atoms with Crippen LogP contribution in [-0.4, -0.2) is 43.2 Å². The number of rotatable bonds is 8. The maximum absolute atomic E-state index is 14.5. The highest BCUT2D eigenvalue weighted by molar-refractivity contribution is 5.85. The summed E-state index contributed by atoms with van der Waals surface area (Å²) < 4.78 is 20.6. The summed E-state index contributed by atoms with van der Waals surface area (Å²) in [6.07, 6.45) is 9.13. The number of hydrogen-bond donors (Lipinski definition) is 3. The number of aliphatic imine (C=N–C) groups is 1. The molecule has 0 aliphatic carbocycles. The number of fused-ring (bicyclic) bond motifs is 1. The topological polar surface area (TPSA) is 102 Å². The second kappa shape index (κ2) is 14.6. The van der Waals surface area contributed by atoms with E-state index in [1.165, 1.54) is 24.6 Å². The Labute approximate surface area is 237 Å². The van der Waals surface area contributed by atoms with E-state index in [1.807, 2.05) is 40.0 Å². The molecule has 1 saturated heterocycles. The fourth-order valence-corrected chi connectivity index (χ4v) is 4.46. The van der Waals surface area contributed by atoms with Crippen molar-refractivity contribution in [2.75, 3.05) is 20.1 Å². The first kappa shape index (κ1) is 30.8. The van der Waals surface area contributed by atoms with Crippen molar-refractivity contribution in [1.29, 1.82) is 0 Å². The van der Waals surface area contributed by atoms with Crippen molar-refractivity contribution < 1.29 is 13.9 Å². The Hall–Kier alpha value is -3.78. The summed E-state index contributed by atoms with van der Waals surface area (Å²) in [5.74, 6) is 1.41. The highest BCUT2D eigenvalue weighted by Gasteiger charge is 2.16. The molecule has 0 atom stereocenters. The number of piperidine rings is 1. The molecule has 4 N–H and O–H groups in total. The number of aromatic nitrogens is 1. The smallest absolute Gasteiger partial charge is 0.138 e. The Bertz CT molecular complexity index is 1340. The molecule has 1 aromatic heterocycles. The van der Waals surface area contributed by atoms with Gasteiger partial charge >= 0.3 is 0 Å². The lowest BCUT2D eigenvalue weighted by Crippen LogP contribution is -2.28. The molecule has 0 bridgehead atoms. The van der Waals surface area contributed by atoms with E-state index in [0.717, 1.165) is 36.1 Å². The Kier molecular flexibility index (Phi) is 11.2. The van der Waals surface area contributed by atoms with E-state index < -0.39 is 0 Å². The van der Waals surface area contributed by atoms with E-state index in [4.69, 9.17) is 10.5 Å². The second-order valence-electron chi connectivity index (χ2n) is 11.0. The number of aldehydes is 1. The number of benzene rings is 2. The number of carbonyl (C=O) groups excluding carboxylic acids is 1. The molecule has 2 aromatic carbocycles. The minimum Gasteiger partial charge on any atom is -0.456 e. The lowest BCUT2D eigenvalue weighted by atomic mass is 9.90. The summed E-state index contributed by atoms with van der Waals surface area (Å²) in [4.78, 5) is 19.4. The van der Waals surface area contributed by atoms with Crippen molar-refractivity contribution in [2.45, 2.75) is 58.9 Å². The normalized spacial score (nSPS) is 14.6. The van der Waals surface area contributed by atoms with Crippen molar-refractivity contribution in [3.63, 3.8) is 0 Å². The van der Waals surface area contributed by atoms with Crippen LogP contribution in [0.5, 0.6) is 11.5 Å². The van der Waals surface area contributed by atoms with E-state index in [2.05, 4.69) is 32.7 Å². The predicted molar refractivity (Wildman–Crippen MR) is 162 cm³/mol. The van der Waals surface area contributed by atoms with E-state index in [1.54, 1.807) is 31.5 Å². The summed E-state index contributed by atoms with van der Waals surface area (Å²) in [7, 11) is 1.81. The average Bonchev–Trinajstić information content (AvgIpc) is 2.94. The third-order valence-electron chi connectivity index (χ3n) is 6.75. The molecule has 3 aromatic rings. The molecule has 7 nitrogen and oxygen atoms in total. The van der Waals surface area contributed by atoms with Gasteiger partial charge in [0.05, 0.1) is 16.8 Å². The van der Waals surface area contributed by atoms with Gasteiger partial charge in [-0.15, -0.1) is 0 Å². The van der Waals surface area contributed by atoms with Crippen molar-refractivity contribution in [2.24, 2.45) is 16.6 Å². The molecule has 2 heterocycles. The van der Waals surface area contributed by atoms with Gasteiger partial charge in [0.1, 0.15) is 23.6 Å². The SMILES string of the molecule is CN/C(C=NC(C)(C)C)=C/N.Cc1c(Oc2ccnc3ccc(CC4CCNCC4)cc23)ccc(CC=O)c1F. The highest BCUT2D eigenvalue weighted by atomic mass is 19.1. The van der Waals surface area contributed by atoms with Gasteiger partial charge in [0, 0.05) is 43.0 Å². The standard InChI is InChI=1S/C24H25FN2O2.C8H17N3/c1-16-22(5-3-19(9-13-28)24(16)25)29-23-8-12-27-21-4-2-18(15-20(21)23)14-17-6-10-26-11-7-17;1-8(2,3)11-6-7(5-9)10-4/h2-5,8,12-13,15,17,26H,6-7,9-11,14H2,1H3;5-6,10H,9H2,1-4H3/b;7-5+,11-6?. The second-order valence-corrected chi connectivity index (χ2v) is 11.0. The predicted octanol–water partition coefficient (Wildman–Crippen LogP) is 5.63. The first-order valence-corrected chi connectivity index (χ1v) is 13.8. The minimum absolute atomic E-state index is 0.0366. The van der Waals surface area contributed by atoms with Crippen LogP contribution in [0, 0.1) is 18.7 Å². The monoisotopic (exact) mass is 547 g/mol. The summed E-state index contributed by atoms with van der Waals surface area (Å²) in [6.45, 7) is 9.94. The average molecular weight is 548 g/mol. The molecule has 8 heteroatoms. The first-order chi connectivity index (χ1) is 19.1. The first-order valence-electron chi connectivity index (χ1n) is 13.8.